The number of carbonyl (C=O) groups is 1. The van der Waals surface area contributed by atoms with E-state index in [1.807, 2.05) is 37.3 Å². The summed E-state index contributed by atoms with van der Waals surface area (Å²) in [6.07, 6.45) is 2.18. The van der Waals surface area contributed by atoms with E-state index in [4.69, 9.17) is 0 Å². The van der Waals surface area contributed by atoms with Crippen LogP contribution in [0.4, 0.5) is 0 Å². The molecule has 0 bridgehead atoms. The predicted molar refractivity (Wildman–Crippen MR) is 104 cm³/mol. The summed E-state index contributed by atoms with van der Waals surface area (Å²) >= 11 is 3.31. The topological polar surface area (TPSA) is 75.3 Å². The summed E-state index contributed by atoms with van der Waals surface area (Å²) in [6, 6.07) is 13.7. The molecule has 3 rings (SSSR count). The van der Waals surface area contributed by atoms with E-state index in [9.17, 15) is 13.2 Å². The summed E-state index contributed by atoms with van der Waals surface area (Å²) in [5.74, 6) is -0.289. The number of nitrogens with one attached hydrogen (secondary N) is 2. The van der Waals surface area contributed by atoms with Crippen LogP contribution in [0.1, 0.15) is 24.0 Å². The molecule has 0 saturated heterocycles. The average Bonchev–Trinajstić information content (AvgIpc) is 3.38. The van der Waals surface area contributed by atoms with Crippen molar-refractivity contribution in [2.24, 2.45) is 0 Å². The minimum atomic E-state index is -3.85. The molecule has 1 saturated carbocycles. The molecular formula is C19H21BrN2O3S. The Morgan fingerprint density at radius 3 is 2.50 bits per heavy atom. The standard InChI is InChI=1S/C19H21BrN2O3S/c1-13-7-10-18(16(20)11-13)26(24,25)22-17(19(23)21-15-8-9-15)12-14-5-3-2-4-6-14/h2-7,10-11,15,17,22H,8-9,12H2,1H3,(H,21,23). The van der Waals surface area contributed by atoms with Crippen LogP contribution < -0.4 is 10.0 Å². The number of hydrogen-bond donors (Lipinski definition) is 2. The molecule has 26 heavy (non-hydrogen) atoms. The smallest absolute Gasteiger partial charge is 0.242 e. The Kier molecular flexibility index (Phi) is 5.79. The highest BCUT2D eigenvalue weighted by Gasteiger charge is 2.31. The second kappa shape index (κ2) is 7.90. The van der Waals surface area contributed by atoms with Crippen molar-refractivity contribution < 1.29 is 13.2 Å². The predicted octanol–water partition coefficient (Wildman–Crippen LogP) is 2.93. The lowest BCUT2D eigenvalue weighted by molar-refractivity contribution is -0.122. The molecule has 1 aliphatic rings. The maximum absolute atomic E-state index is 12.8. The van der Waals surface area contributed by atoms with Gasteiger partial charge in [-0.15, -0.1) is 0 Å². The molecule has 0 spiro atoms. The van der Waals surface area contributed by atoms with Gasteiger partial charge < -0.3 is 5.32 Å². The molecule has 2 aromatic carbocycles. The first kappa shape index (κ1) is 19.1. The van der Waals surface area contributed by atoms with Gasteiger partial charge in [0.25, 0.3) is 0 Å². The quantitative estimate of drug-likeness (QED) is 0.700. The van der Waals surface area contributed by atoms with Gasteiger partial charge in [0.1, 0.15) is 6.04 Å². The molecule has 1 amide bonds. The fourth-order valence-electron chi connectivity index (χ4n) is 2.64. The molecule has 5 nitrogen and oxygen atoms in total. The van der Waals surface area contributed by atoms with Gasteiger partial charge in [0.15, 0.2) is 0 Å². The molecule has 1 aliphatic carbocycles. The maximum Gasteiger partial charge on any atom is 0.242 e. The van der Waals surface area contributed by atoms with Gasteiger partial charge in [-0.3, -0.25) is 4.79 Å². The molecule has 0 heterocycles. The lowest BCUT2D eigenvalue weighted by atomic mass is 10.1. The number of amides is 1. The van der Waals surface area contributed by atoms with Crippen LogP contribution in [0.5, 0.6) is 0 Å². The summed E-state index contributed by atoms with van der Waals surface area (Å²) in [4.78, 5) is 12.7. The molecule has 1 unspecified atom stereocenters. The van der Waals surface area contributed by atoms with E-state index in [0.29, 0.717) is 10.9 Å². The fraction of sp³-hybridized carbons (Fsp3) is 0.316. The molecule has 1 fully saturated rings. The molecule has 2 aromatic rings. The number of hydrogen-bond acceptors (Lipinski definition) is 3. The van der Waals surface area contributed by atoms with Gasteiger partial charge in [-0.2, -0.15) is 4.72 Å². The third-order valence-electron chi connectivity index (χ3n) is 4.20. The highest BCUT2D eigenvalue weighted by molar-refractivity contribution is 9.10. The van der Waals surface area contributed by atoms with Crippen molar-refractivity contribution in [1.29, 1.82) is 0 Å². The number of rotatable bonds is 7. The molecule has 2 N–H and O–H groups in total. The third-order valence-corrected chi connectivity index (χ3v) is 6.65. The average molecular weight is 437 g/mol. The van der Waals surface area contributed by atoms with E-state index in [-0.39, 0.29) is 16.8 Å². The first-order valence-corrected chi connectivity index (χ1v) is 10.8. The Hall–Kier alpha value is -1.70. The second-order valence-electron chi connectivity index (χ2n) is 6.58. The lowest BCUT2D eigenvalue weighted by Gasteiger charge is -2.19. The summed E-state index contributed by atoms with van der Waals surface area (Å²) in [7, 11) is -3.85. The number of carbonyl (C=O) groups excluding carboxylic acids is 1. The molecule has 7 heteroatoms. The van der Waals surface area contributed by atoms with Crippen LogP contribution in [0, 0.1) is 6.92 Å². The van der Waals surface area contributed by atoms with Crippen LogP contribution >= 0.6 is 15.9 Å². The number of aryl methyl sites for hydroxylation is 1. The van der Waals surface area contributed by atoms with Crippen molar-refractivity contribution in [3.05, 3.63) is 64.1 Å². The van der Waals surface area contributed by atoms with Crippen LogP contribution in [0.2, 0.25) is 0 Å². The Bertz CT molecular complexity index is 896. The van der Waals surface area contributed by atoms with E-state index < -0.39 is 16.1 Å². The largest absolute Gasteiger partial charge is 0.352 e. The van der Waals surface area contributed by atoms with Crippen LogP contribution in [-0.2, 0) is 21.2 Å². The SMILES string of the molecule is Cc1ccc(S(=O)(=O)NC(Cc2ccccc2)C(=O)NC2CC2)c(Br)c1. The minimum Gasteiger partial charge on any atom is -0.352 e. The molecule has 138 valence electrons. The Morgan fingerprint density at radius 2 is 1.88 bits per heavy atom. The van der Waals surface area contributed by atoms with Gasteiger partial charge in [-0.25, -0.2) is 8.42 Å². The van der Waals surface area contributed by atoms with E-state index >= 15 is 0 Å². The normalized spacial score (nSPS) is 15.5. The maximum atomic E-state index is 12.8. The van der Waals surface area contributed by atoms with Gasteiger partial charge in [-0.05, 0) is 65.4 Å². The molecule has 0 radical (unpaired) electrons. The zero-order valence-electron chi connectivity index (χ0n) is 14.4. The van der Waals surface area contributed by atoms with Crippen LogP contribution in [-0.4, -0.2) is 26.4 Å². The summed E-state index contributed by atoms with van der Waals surface area (Å²) < 4.78 is 28.8. The van der Waals surface area contributed by atoms with Crippen molar-refractivity contribution in [3.63, 3.8) is 0 Å². The van der Waals surface area contributed by atoms with E-state index in [0.717, 1.165) is 24.0 Å². The first-order chi connectivity index (χ1) is 12.3. The minimum absolute atomic E-state index is 0.125. The van der Waals surface area contributed by atoms with Crippen molar-refractivity contribution >= 4 is 31.9 Å². The molecule has 1 atom stereocenters. The van der Waals surface area contributed by atoms with Crippen molar-refractivity contribution in [1.82, 2.24) is 10.0 Å². The molecular weight excluding hydrogens is 416 g/mol. The van der Waals surface area contributed by atoms with Crippen molar-refractivity contribution in [2.75, 3.05) is 0 Å². The van der Waals surface area contributed by atoms with E-state index in [2.05, 4.69) is 26.0 Å². The third kappa shape index (κ3) is 4.93. The zero-order valence-corrected chi connectivity index (χ0v) is 16.8. The highest BCUT2D eigenvalue weighted by Crippen LogP contribution is 2.24. The van der Waals surface area contributed by atoms with Gasteiger partial charge in [0, 0.05) is 10.5 Å². The second-order valence-corrected chi connectivity index (χ2v) is 9.12. The van der Waals surface area contributed by atoms with Crippen LogP contribution in [0.3, 0.4) is 0 Å². The zero-order chi connectivity index (χ0) is 18.7. The van der Waals surface area contributed by atoms with Crippen molar-refractivity contribution in [2.45, 2.75) is 43.2 Å². The Labute approximate surface area is 162 Å². The highest BCUT2D eigenvalue weighted by atomic mass is 79.9. The summed E-state index contributed by atoms with van der Waals surface area (Å²) in [6.45, 7) is 1.88. The van der Waals surface area contributed by atoms with Crippen LogP contribution in [0.25, 0.3) is 0 Å². The van der Waals surface area contributed by atoms with Gasteiger partial charge in [0.2, 0.25) is 15.9 Å². The van der Waals surface area contributed by atoms with Gasteiger partial charge in [0.05, 0.1) is 4.90 Å². The number of sulfonamides is 1. The Morgan fingerprint density at radius 1 is 1.19 bits per heavy atom. The summed E-state index contributed by atoms with van der Waals surface area (Å²) in [5, 5.41) is 2.89. The monoisotopic (exact) mass is 436 g/mol. The molecule has 0 aliphatic heterocycles. The summed E-state index contributed by atoms with van der Waals surface area (Å²) in [5.41, 5.74) is 1.84. The Balaban J connectivity index is 1.84. The van der Waals surface area contributed by atoms with E-state index in [1.165, 1.54) is 0 Å². The van der Waals surface area contributed by atoms with Gasteiger partial charge >= 0.3 is 0 Å². The van der Waals surface area contributed by atoms with Crippen molar-refractivity contribution in [3.8, 4) is 0 Å². The fourth-order valence-corrected chi connectivity index (χ4v) is 5.03. The molecule has 0 aromatic heterocycles. The number of benzene rings is 2. The van der Waals surface area contributed by atoms with E-state index in [1.54, 1.807) is 18.2 Å². The lowest BCUT2D eigenvalue weighted by Crippen LogP contribution is -2.48. The first-order valence-electron chi connectivity index (χ1n) is 8.48. The van der Waals surface area contributed by atoms with Crippen LogP contribution in [0.15, 0.2) is 57.9 Å². The van der Waals surface area contributed by atoms with Gasteiger partial charge in [-0.1, -0.05) is 36.4 Å². The number of halogens is 1.